The molecular weight excluding hydrogens is 486 g/mol. The SMILES string of the molecule is CCCCCN(CC(=O)N(Cc1ccccc1)Cc1cccn1Cc1cccc(OC)c1)C(=O)CC(C)(C)C. The second kappa shape index (κ2) is 14.6. The van der Waals surface area contributed by atoms with E-state index in [1.165, 1.54) is 0 Å². The summed E-state index contributed by atoms with van der Waals surface area (Å²) in [5, 5.41) is 0. The molecule has 0 bridgehead atoms. The van der Waals surface area contributed by atoms with Crippen LogP contribution in [-0.4, -0.2) is 46.4 Å². The summed E-state index contributed by atoms with van der Waals surface area (Å²) in [4.78, 5) is 30.7. The lowest BCUT2D eigenvalue weighted by Gasteiger charge is -2.30. The van der Waals surface area contributed by atoms with Crippen LogP contribution in [0.3, 0.4) is 0 Å². The Bertz CT molecular complexity index is 1180. The Kier molecular flexibility index (Phi) is 11.2. The fraction of sp³-hybridized carbons (Fsp3) is 0.455. The number of methoxy groups -OCH3 is 1. The van der Waals surface area contributed by atoms with E-state index in [-0.39, 0.29) is 23.8 Å². The molecule has 0 saturated heterocycles. The molecule has 0 radical (unpaired) electrons. The van der Waals surface area contributed by atoms with Crippen LogP contribution in [0.15, 0.2) is 72.9 Å². The average Bonchev–Trinajstić information content (AvgIpc) is 3.33. The van der Waals surface area contributed by atoms with Gasteiger partial charge < -0.3 is 19.1 Å². The van der Waals surface area contributed by atoms with E-state index >= 15 is 0 Å². The summed E-state index contributed by atoms with van der Waals surface area (Å²) in [6.07, 6.45) is 5.48. The highest BCUT2D eigenvalue weighted by Gasteiger charge is 2.25. The Morgan fingerprint density at radius 3 is 2.28 bits per heavy atom. The highest BCUT2D eigenvalue weighted by Crippen LogP contribution is 2.21. The van der Waals surface area contributed by atoms with Crippen molar-refractivity contribution in [2.24, 2.45) is 5.41 Å². The zero-order valence-corrected chi connectivity index (χ0v) is 24.4. The fourth-order valence-electron chi connectivity index (χ4n) is 4.62. The standard InChI is InChI=1S/C33H45N3O3/c1-6-7-11-19-35(31(37)22-33(2,3)4)26-32(38)36(23-27-14-9-8-10-15-27)25-29-17-13-20-34(29)24-28-16-12-18-30(21-28)39-5/h8-10,12-18,20-21H,6-7,11,19,22-26H2,1-5H3. The number of amides is 2. The van der Waals surface area contributed by atoms with E-state index in [2.05, 4.69) is 44.4 Å². The molecule has 210 valence electrons. The molecule has 0 aliphatic rings. The van der Waals surface area contributed by atoms with Gasteiger partial charge in [0.25, 0.3) is 0 Å². The zero-order chi connectivity index (χ0) is 28.3. The molecule has 0 saturated carbocycles. The molecule has 39 heavy (non-hydrogen) atoms. The molecule has 0 N–H and O–H groups in total. The first kappa shape index (κ1) is 30.0. The van der Waals surface area contributed by atoms with E-state index < -0.39 is 0 Å². The minimum atomic E-state index is -0.131. The Morgan fingerprint density at radius 2 is 1.59 bits per heavy atom. The largest absolute Gasteiger partial charge is 0.497 e. The van der Waals surface area contributed by atoms with Crippen LogP contribution >= 0.6 is 0 Å². The lowest BCUT2D eigenvalue weighted by Crippen LogP contribution is -2.44. The van der Waals surface area contributed by atoms with Gasteiger partial charge in [-0.2, -0.15) is 0 Å². The number of ether oxygens (including phenoxy) is 1. The first-order valence-corrected chi connectivity index (χ1v) is 14.0. The number of nitrogens with zero attached hydrogens (tertiary/aromatic N) is 3. The van der Waals surface area contributed by atoms with Crippen molar-refractivity contribution in [2.75, 3.05) is 20.2 Å². The van der Waals surface area contributed by atoms with Crippen LogP contribution in [0.2, 0.25) is 0 Å². The lowest BCUT2D eigenvalue weighted by atomic mass is 9.91. The van der Waals surface area contributed by atoms with E-state index in [1.807, 2.05) is 65.7 Å². The van der Waals surface area contributed by atoms with Gasteiger partial charge in [-0.15, -0.1) is 0 Å². The highest BCUT2D eigenvalue weighted by molar-refractivity contribution is 5.85. The van der Waals surface area contributed by atoms with Gasteiger partial charge in [-0.3, -0.25) is 9.59 Å². The van der Waals surface area contributed by atoms with Crippen molar-refractivity contribution in [1.29, 1.82) is 0 Å². The number of hydrogen-bond acceptors (Lipinski definition) is 3. The second-order valence-electron chi connectivity index (χ2n) is 11.5. The number of carbonyl (C=O) groups excluding carboxylic acids is 2. The second-order valence-corrected chi connectivity index (χ2v) is 11.5. The van der Waals surface area contributed by atoms with Gasteiger partial charge in [-0.1, -0.05) is 83.0 Å². The van der Waals surface area contributed by atoms with Crippen molar-refractivity contribution in [3.05, 3.63) is 89.7 Å². The molecule has 1 heterocycles. The normalized spacial score (nSPS) is 11.3. The van der Waals surface area contributed by atoms with Crippen molar-refractivity contribution in [1.82, 2.24) is 14.4 Å². The van der Waals surface area contributed by atoms with E-state index in [1.54, 1.807) is 12.0 Å². The minimum absolute atomic E-state index is 0.0354. The third-order valence-electron chi connectivity index (χ3n) is 6.72. The molecule has 3 rings (SSSR count). The van der Waals surface area contributed by atoms with Crippen LogP contribution in [0, 0.1) is 5.41 Å². The number of unbranched alkanes of at least 4 members (excludes halogenated alkanes) is 2. The van der Waals surface area contributed by atoms with Gasteiger partial charge in [0.15, 0.2) is 0 Å². The first-order chi connectivity index (χ1) is 18.7. The van der Waals surface area contributed by atoms with Gasteiger partial charge in [-0.25, -0.2) is 0 Å². The summed E-state index contributed by atoms with van der Waals surface area (Å²) in [5.41, 5.74) is 3.10. The fourth-order valence-corrected chi connectivity index (χ4v) is 4.62. The third-order valence-corrected chi connectivity index (χ3v) is 6.72. The van der Waals surface area contributed by atoms with Gasteiger partial charge in [0.1, 0.15) is 5.75 Å². The number of carbonyl (C=O) groups is 2. The summed E-state index contributed by atoms with van der Waals surface area (Å²) in [6.45, 7) is 10.7. The molecule has 6 nitrogen and oxygen atoms in total. The molecule has 2 aromatic carbocycles. The summed E-state index contributed by atoms with van der Waals surface area (Å²) in [7, 11) is 1.67. The molecule has 0 atom stereocenters. The molecule has 0 fully saturated rings. The Balaban J connectivity index is 1.82. The van der Waals surface area contributed by atoms with Gasteiger partial charge in [-0.05, 0) is 47.2 Å². The molecule has 6 heteroatoms. The number of benzene rings is 2. The number of aromatic nitrogens is 1. The first-order valence-electron chi connectivity index (χ1n) is 14.0. The average molecular weight is 532 g/mol. The van der Waals surface area contributed by atoms with Crippen molar-refractivity contribution >= 4 is 11.8 Å². The van der Waals surface area contributed by atoms with Crippen molar-refractivity contribution in [3.8, 4) is 5.75 Å². The number of rotatable bonds is 14. The Morgan fingerprint density at radius 1 is 0.846 bits per heavy atom. The topological polar surface area (TPSA) is 54.8 Å². The maximum atomic E-state index is 13.8. The Hall–Kier alpha value is -3.54. The molecule has 0 aliphatic heterocycles. The van der Waals surface area contributed by atoms with Crippen molar-refractivity contribution in [3.63, 3.8) is 0 Å². The molecule has 2 amide bonds. The predicted octanol–water partition coefficient (Wildman–Crippen LogP) is 6.53. The van der Waals surface area contributed by atoms with Gasteiger partial charge in [0.05, 0.1) is 20.2 Å². The zero-order valence-electron chi connectivity index (χ0n) is 24.4. The van der Waals surface area contributed by atoms with E-state index in [0.29, 0.717) is 32.6 Å². The molecule has 0 unspecified atom stereocenters. The van der Waals surface area contributed by atoms with E-state index in [4.69, 9.17) is 4.74 Å². The molecule has 0 aliphatic carbocycles. The molecule has 3 aromatic rings. The maximum absolute atomic E-state index is 13.8. The van der Waals surface area contributed by atoms with Crippen LogP contribution in [0.4, 0.5) is 0 Å². The summed E-state index contributed by atoms with van der Waals surface area (Å²) in [5.74, 6) is 0.838. The van der Waals surface area contributed by atoms with Crippen molar-refractivity contribution in [2.45, 2.75) is 73.0 Å². The van der Waals surface area contributed by atoms with E-state index in [0.717, 1.165) is 41.8 Å². The smallest absolute Gasteiger partial charge is 0.242 e. The summed E-state index contributed by atoms with van der Waals surface area (Å²) >= 11 is 0. The van der Waals surface area contributed by atoms with Crippen LogP contribution in [-0.2, 0) is 29.2 Å². The summed E-state index contributed by atoms with van der Waals surface area (Å²) in [6, 6.07) is 22.2. The lowest BCUT2D eigenvalue weighted by molar-refractivity contribution is -0.142. The molecular formula is C33H45N3O3. The third kappa shape index (κ3) is 9.93. The van der Waals surface area contributed by atoms with Crippen LogP contribution in [0.25, 0.3) is 0 Å². The van der Waals surface area contributed by atoms with Crippen LogP contribution in [0.1, 0.15) is 70.2 Å². The summed E-state index contributed by atoms with van der Waals surface area (Å²) < 4.78 is 7.56. The van der Waals surface area contributed by atoms with Crippen molar-refractivity contribution < 1.29 is 14.3 Å². The van der Waals surface area contributed by atoms with Gasteiger partial charge in [0, 0.05) is 37.9 Å². The van der Waals surface area contributed by atoms with Crippen LogP contribution < -0.4 is 4.74 Å². The van der Waals surface area contributed by atoms with Gasteiger partial charge >= 0.3 is 0 Å². The van der Waals surface area contributed by atoms with Gasteiger partial charge in [0.2, 0.25) is 11.8 Å². The monoisotopic (exact) mass is 531 g/mol. The minimum Gasteiger partial charge on any atom is -0.497 e. The highest BCUT2D eigenvalue weighted by atomic mass is 16.5. The predicted molar refractivity (Wildman–Crippen MR) is 157 cm³/mol. The quantitative estimate of drug-likeness (QED) is 0.222. The molecule has 0 spiro atoms. The Labute approximate surface area is 234 Å². The number of hydrogen-bond donors (Lipinski definition) is 0. The maximum Gasteiger partial charge on any atom is 0.242 e. The van der Waals surface area contributed by atoms with Crippen LogP contribution in [0.5, 0.6) is 5.75 Å². The molecule has 1 aromatic heterocycles. The van der Waals surface area contributed by atoms with E-state index in [9.17, 15) is 9.59 Å².